The Morgan fingerprint density at radius 2 is 1.88 bits per heavy atom. The zero-order valence-corrected chi connectivity index (χ0v) is 10.8. The smallest absolute Gasteiger partial charge is 0.317 e. The van der Waals surface area contributed by atoms with Crippen molar-refractivity contribution in [3.05, 3.63) is 0 Å². The molecule has 1 saturated carbocycles. The third-order valence-corrected chi connectivity index (χ3v) is 3.72. The molecule has 1 heterocycles. The van der Waals surface area contributed by atoms with E-state index in [1.165, 1.54) is 12.8 Å². The van der Waals surface area contributed by atoms with E-state index in [0.717, 1.165) is 25.3 Å². The average Bonchev–Trinajstić information content (AvgIpc) is 2.98. The largest absolute Gasteiger partial charge is 0.480 e. The molecule has 17 heavy (non-hydrogen) atoms. The Balaban J connectivity index is 1.94. The number of ether oxygens (including phenoxy) is 1. The minimum Gasteiger partial charge on any atom is -0.480 e. The van der Waals surface area contributed by atoms with Gasteiger partial charge in [0.15, 0.2) is 0 Å². The lowest BCUT2D eigenvalue weighted by Gasteiger charge is -2.38. The molecule has 1 aliphatic heterocycles. The van der Waals surface area contributed by atoms with E-state index in [0.29, 0.717) is 6.04 Å². The Labute approximate surface area is 103 Å². The van der Waals surface area contributed by atoms with Gasteiger partial charge in [0.1, 0.15) is 0 Å². The lowest BCUT2D eigenvalue weighted by Crippen LogP contribution is -2.47. The van der Waals surface area contributed by atoms with Crippen LogP contribution in [0.3, 0.4) is 0 Å². The van der Waals surface area contributed by atoms with Crippen LogP contribution < -0.4 is 0 Å². The minimum atomic E-state index is -0.711. The van der Waals surface area contributed by atoms with E-state index in [9.17, 15) is 4.79 Å². The minimum absolute atomic E-state index is 0.181. The highest BCUT2D eigenvalue weighted by molar-refractivity contribution is 5.69. The maximum Gasteiger partial charge on any atom is 0.317 e. The summed E-state index contributed by atoms with van der Waals surface area (Å²) in [5.41, 5.74) is 0. The van der Waals surface area contributed by atoms with E-state index < -0.39 is 5.97 Å². The van der Waals surface area contributed by atoms with Crippen molar-refractivity contribution in [2.75, 3.05) is 13.1 Å². The summed E-state index contributed by atoms with van der Waals surface area (Å²) >= 11 is 0. The SMILES string of the molecule is CC1CC(N(CC(=O)O)CC2CC2)CC(C)O1. The molecule has 2 aliphatic rings. The molecule has 98 valence electrons. The molecule has 0 aromatic rings. The normalized spacial score (nSPS) is 33.9. The number of carboxylic acids is 1. The van der Waals surface area contributed by atoms with E-state index in [4.69, 9.17) is 9.84 Å². The highest BCUT2D eigenvalue weighted by Gasteiger charge is 2.33. The lowest BCUT2D eigenvalue weighted by atomic mass is 9.98. The van der Waals surface area contributed by atoms with Crippen LogP contribution in [0.2, 0.25) is 0 Å². The van der Waals surface area contributed by atoms with Crippen LogP contribution in [-0.4, -0.2) is 47.3 Å². The van der Waals surface area contributed by atoms with Crippen molar-refractivity contribution in [1.82, 2.24) is 4.90 Å². The van der Waals surface area contributed by atoms with E-state index in [2.05, 4.69) is 18.7 Å². The van der Waals surface area contributed by atoms with Gasteiger partial charge in [-0.1, -0.05) is 0 Å². The molecule has 1 aliphatic carbocycles. The van der Waals surface area contributed by atoms with E-state index >= 15 is 0 Å². The first-order valence-electron chi connectivity index (χ1n) is 6.66. The summed E-state index contributed by atoms with van der Waals surface area (Å²) in [5.74, 6) is 0.0280. The van der Waals surface area contributed by atoms with Gasteiger partial charge in [0, 0.05) is 12.6 Å². The Kier molecular flexibility index (Phi) is 4.05. The number of nitrogens with zero attached hydrogens (tertiary/aromatic N) is 1. The van der Waals surface area contributed by atoms with Gasteiger partial charge in [0.05, 0.1) is 18.8 Å². The molecule has 0 aromatic carbocycles. The van der Waals surface area contributed by atoms with Crippen LogP contribution in [0, 0.1) is 5.92 Å². The number of hydrogen-bond acceptors (Lipinski definition) is 3. The maximum atomic E-state index is 10.9. The van der Waals surface area contributed by atoms with Crippen molar-refractivity contribution in [3.8, 4) is 0 Å². The van der Waals surface area contributed by atoms with Gasteiger partial charge in [-0.3, -0.25) is 9.69 Å². The van der Waals surface area contributed by atoms with E-state index in [1.54, 1.807) is 0 Å². The third-order valence-electron chi connectivity index (χ3n) is 3.72. The summed E-state index contributed by atoms with van der Waals surface area (Å²) in [6.45, 7) is 5.30. The molecule has 4 heteroatoms. The van der Waals surface area contributed by atoms with Gasteiger partial charge in [-0.05, 0) is 45.4 Å². The van der Waals surface area contributed by atoms with Crippen molar-refractivity contribution in [3.63, 3.8) is 0 Å². The molecular formula is C13H23NO3. The summed E-state index contributed by atoms with van der Waals surface area (Å²) in [4.78, 5) is 13.1. The van der Waals surface area contributed by atoms with Gasteiger partial charge in [0.2, 0.25) is 0 Å². The number of carbonyl (C=O) groups is 1. The number of carboxylic acid groups (broad SMARTS) is 1. The van der Waals surface area contributed by atoms with Crippen LogP contribution in [0.25, 0.3) is 0 Å². The van der Waals surface area contributed by atoms with Crippen molar-refractivity contribution in [2.45, 2.75) is 57.8 Å². The fourth-order valence-corrected chi connectivity index (χ4v) is 2.82. The monoisotopic (exact) mass is 241 g/mol. The second-order valence-corrected chi connectivity index (χ2v) is 5.65. The van der Waals surface area contributed by atoms with Gasteiger partial charge < -0.3 is 9.84 Å². The third kappa shape index (κ3) is 3.96. The van der Waals surface area contributed by atoms with Crippen molar-refractivity contribution < 1.29 is 14.6 Å². The molecule has 2 fully saturated rings. The molecule has 0 bridgehead atoms. The van der Waals surface area contributed by atoms with Gasteiger partial charge in [0.25, 0.3) is 0 Å². The summed E-state index contributed by atoms with van der Waals surface area (Å²) in [7, 11) is 0. The Hall–Kier alpha value is -0.610. The molecule has 2 rings (SSSR count). The summed E-state index contributed by atoms with van der Waals surface area (Å²) in [6.07, 6.45) is 4.96. The first-order chi connectivity index (χ1) is 8.04. The van der Waals surface area contributed by atoms with Gasteiger partial charge in [-0.2, -0.15) is 0 Å². The molecule has 4 nitrogen and oxygen atoms in total. The second-order valence-electron chi connectivity index (χ2n) is 5.65. The summed E-state index contributed by atoms with van der Waals surface area (Å²) in [5, 5.41) is 9.01. The predicted molar refractivity (Wildman–Crippen MR) is 65.0 cm³/mol. The van der Waals surface area contributed by atoms with Crippen molar-refractivity contribution in [2.24, 2.45) is 5.92 Å². The van der Waals surface area contributed by atoms with Crippen LogP contribution in [0.15, 0.2) is 0 Å². The average molecular weight is 241 g/mol. The van der Waals surface area contributed by atoms with Gasteiger partial charge >= 0.3 is 5.97 Å². The standard InChI is InChI=1S/C13H23NO3/c1-9-5-12(6-10(2)17-9)14(8-13(15)16)7-11-3-4-11/h9-12H,3-8H2,1-2H3,(H,15,16). The molecule has 0 spiro atoms. The van der Waals surface area contributed by atoms with Crippen molar-refractivity contribution in [1.29, 1.82) is 0 Å². The molecule has 0 radical (unpaired) electrons. The summed E-state index contributed by atoms with van der Waals surface area (Å²) < 4.78 is 5.72. The fourth-order valence-electron chi connectivity index (χ4n) is 2.82. The Morgan fingerprint density at radius 1 is 1.29 bits per heavy atom. The zero-order valence-electron chi connectivity index (χ0n) is 10.8. The van der Waals surface area contributed by atoms with Crippen LogP contribution >= 0.6 is 0 Å². The molecule has 0 amide bonds. The van der Waals surface area contributed by atoms with Crippen LogP contribution in [0.5, 0.6) is 0 Å². The molecule has 1 saturated heterocycles. The van der Waals surface area contributed by atoms with Gasteiger partial charge in [-0.15, -0.1) is 0 Å². The first kappa shape index (κ1) is 12.8. The number of hydrogen-bond donors (Lipinski definition) is 1. The first-order valence-corrected chi connectivity index (χ1v) is 6.66. The lowest BCUT2D eigenvalue weighted by molar-refractivity contribution is -0.140. The summed E-state index contributed by atoms with van der Waals surface area (Å²) in [6, 6.07) is 0.380. The molecule has 2 unspecified atom stereocenters. The highest BCUT2D eigenvalue weighted by atomic mass is 16.5. The highest BCUT2D eigenvalue weighted by Crippen LogP contribution is 2.32. The predicted octanol–water partition coefficient (Wildman–Crippen LogP) is 1.74. The second kappa shape index (κ2) is 5.36. The Morgan fingerprint density at radius 3 is 2.35 bits per heavy atom. The van der Waals surface area contributed by atoms with E-state index in [-0.39, 0.29) is 18.8 Å². The molecule has 0 aromatic heterocycles. The Bertz CT molecular complexity index is 268. The maximum absolute atomic E-state index is 10.9. The van der Waals surface area contributed by atoms with Crippen molar-refractivity contribution >= 4 is 5.97 Å². The van der Waals surface area contributed by atoms with Crippen LogP contribution in [0.4, 0.5) is 0 Å². The van der Waals surface area contributed by atoms with Crippen LogP contribution in [0.1, 0.15) is 39.5 Å². The topological polar surface area (TPSA) is 49.8 Å². The fraction of sp³-hybridized carbons (Fsp3) is 0.923. The number of rotatable bonds is 5. The quantitative estimate of drug-likeness (QED) is 0.796. The molecule has 1 N–H and O–H groups in total. The molecule has 2 atom stereocenters. The van der Waals surface area contributed by atoms with Gasteiger partial charge in [-0.25, -0.2) is 0 Å². The number of aliphatic carboxylic acids is 1. The van der Waals surface area contributed by atoms with Crippen LogP contribution in [-0.2, 0) is 9.53 Å². The molecular weight excluding hydrogens is 218 g/mol. The zero-order chi connectivity index (χ0) is 12.4. The van der Waals surface area contributed by atoms with E-state index in [1.807, 2.05) is 0 Å².